The first kappa shape index (κ1) is 13.6. The van der Waals surface area contributed by atoms with Crippen LogP contribution < -0.4 is 5.32 Å². The van der Waals surface area contributed by atoms with Crippen LogP contribution in [0.25, 0.3) is 0 Å². The van der Waals surface area contributed by atoms with Crippen LogP contribution in [0.2, 0.25) is 0 Å². The van der Waals surface area contributed by atoms with E-state index >= 15 is 0 Å². The number of rotatable bonds is 3. The van der Waals surface area contributed by atoms with E-state index in [1.54, 1.807) is 0 Å². The number of carbonyl (C=O) groups excluding carboxylic acids is 3. The van der Waals surface area contributed by atoms with Gasteiger partial charge in [-0.1, -0.05) is 0 Å². The van der Waals surface area contributed by atoms with Crippen LogP contribution in [0, 0.1) is 0 Å². The van der Waals surface area contributed by atoms with Gasteiger partial charge in [0, 0.05) is 13.1 Å². The Kier molecular flexibility index (Phi) is 3.89. The Labute approximate surface area is 117 Å². The molecule has 1 aromatic rings. The molecule has 0 aromatic carbocycles. The standard InChI is InChI=1S/C11H11BrN2O5/c1-6(9(15)14-5-4-13-11(14)17)18-10(16)7-2-3-8(12)19-7/h2-3,6H,4-5H2,1H3,(H,13,17). The van der Waals surface area contributed by atoms with E-state index in [-0.39, 0.29) is 12.3 Å². The third-order valence-corrected chi connectivity index (χ3v) is 2.95. The molecule has 1 N–H and O–H groups in total. The molecule has 0 bridgehead atoms. The van der Waals surface area contributed by atoms with Gasteiger partial charge in [-0.15, -0.1) is 0 Å². The zero-order chi connectivity index (χ0) is 14.0. The Hall–Kier alpha value is -1.83. The molecule has 1 atom stereocenters. The number of imide groups is 1. The summed E-state index contributed by atoms with van der Waals surface area (Å²) in [5.41, 5.74) is 0. The molecular formula is C11H11BrN2O5. The highest BCUT2D eigenvalue weighted by atomic mass is 79.9. The Balaban J connectivity index is 1.97. The van der Waals surface area contributed by atoms with E-state index < -0.39 is 24.0 Å². The van der Waals surface area contributed by atoms with Gasteiger partial charge in [0.15, 0.2) is 10.8 Å². The Morgan fingerprint density at radius 3 is 2.79 bits per heavy atom. The van der Waals surface area contributed by atoms with Gasteiger partial charge in [0.1, 0.15) is 0 Å². The second kappa shape index (κ2) is 5.43. The molecule has 1 unspecified atom stereocenters. The average Bonchev–Trinajstić information content (AvgIpc) is 2.97. The normalized spacial score (nSPS) is 16.1. The van der Waals surface area contributed by atoms with Gasteiger partial charge >= 0.3 is 12.0 Å². The van der Waals surface area contributed by atoms with Gasteiger partial charge in [-0.25, -0.2) is 9.59 Å². The fourth-order valence-corrected chi connectivity index (χ4v) is 1.90. The lowest BCUT2D eigenvalue weighted by Gasteiger charge is -2.17. The number of carbonyl (C=O) groups is 3. The molecule has 0 spiro atoms. The third kappa shape index (κ3) is 2.95. The molecule has 102 valence electrons. The second-order valence-electron chi connectivity index (χ2n) is 3.87. The molecule has 1 aromatic heterocycles. The largest absolute Gasteiger partial charge is 0.447 e. The van der Waals surface area contributed by atoms with Gasteiger partial charge in [0.2, 0.25) is 5.76 Å². The zero-order valence-electron chi connectivity index (χ0n) is 10.0. The van der Waals surface area contributed by atoms with E-state index in [0.717, 1.165) is 4.90 Å². The number of nitrogens with one attached hydrogen (secondary N) is 1. The molecule has 2 heterocycles. The van der Waals surface area contributed by atoms with E-state index in [1.165, 1.54) is 19.1 Å². The highest BCUT2D eigenvalue weighted by Gasteiger charge is 2.32. The fraction of sp³-hybridized carbons (Fsp3) is 0.364. The SMILES string of the molecule is CC(OC(=O)c1ccc(Br)o1)C(=O)N1CCNC1=O. The lowest BCUT2D eigenvalue weighted by molar-refractivity contribution is -0.136. The summed E-state index contributed by atoms with van der Waals surface area (Å²) in [4.78, 5) is 35.9. The molecule has 0 saturated carbocycles. The number of urea groups is 1. The fourth-order valence-electron chi connectivity index (χ4n) is 1.59. The first-order chi connectivity index (χ1) is 8.99. The summed E-state index contributed by atoms with van der Waals surface area (Å²) in [6.07, 6.45) is -1.06. The van der Waals surface area contributed by atoms with E-state index in [1.807, 2.05) is 0 Å². The smallest absolute Gasteiger partial charge is 0.375 e. The van der Waals surface area contributed by atoms with Gasteiger partial charge in [-0.05, 0) is 35.0 Å². The molecule has 8 heteroatoms. The predicted molar refractivity (Wildman–Crippen MR) is 66.4 cm³/mol. The van der Waals surface area contributed by atoms with Crippen LogP contribution in [0.3, 0.4) is 0 Å². The van der Waals surface area contributed by atoms with Gasteiger partial charge in [-0.3, -0.25) is 9.69 Å². The number of hydrogen-bond acceptors (Lipinski definition) is 5. The van der Waals surface area contributed by atoms with E-state index in [4.69, 9.17) is 9.15 Å². The van der Waals surface area contributed by atoms with Gasteiger partial charge < -0.3 is 14.5 Å². The van der Waals surface area contributed by atoms with Crippen molar-refractivity contribution in [2.24, 2.45) is 0 Å². The molecule has 0 radical (unpaired) electrons. The summed E-state index contributed by atoms with van der Waals surface area (Å²) >= 11 is 3.05. The maximum Gasteiger partial charge on any atom is 0.375 e. The second-order valence-corrected chi connectivity index (χ2v) is 4.65. The molecule has 1 aliphatic rings. The topological polar surface area (TPSA) is 88.8 Å². The first-order valence-electron chi connectivity index (χ1n) is 5.54. The maximum atomic E-state index is 11.9. The number of halogens is 1. The Morgan fingerprint density at radius 2 is 2.26 bits per heavy atom. The zero-order valence-corrected chi connectivity index (χ0v) is 11.6. The Morgan fingerprint density at radius 1 is 1.53 bits per heavy atom. The number of esters is 1. The van der Waals surface area contributed by atoms with Crippen molar-refractivity contribution in [3.63, 3.8) is 0 Å². The third-order valence-electron chi connectivity index (χ3n) is 2.53. The summed E-state index contributed by atoms with van der Waals surface area (Å²) in [6, 6.07) is 2.48. The van der Waals surface area contributed by atoms with Gasteiger partial charge in [0.25, 0.3) is 5.91 Å². The summed E-state index contributed by atoms with van der Waals surface area (Å²) in [7, 11) is 0. The van der Waals surface area contributed by atoms with Crippen molar-refractivity contribution in [1.82, 2.24) is 10.2 Å². The van der Waals surface area contributed by atoms with Crippen molar-refractivity contribution >= 4 is 33.8 Å². The number of furan rings is 1. The van der Waals surface area contributed by atoms with Crippen molar-refractivity contribution in [3.05, 3.63) is 22.6 Å². The van der Waals surface area contributed by atoms with Crippen LogP contribution in [0.5, 0.6) is 0 Å². The monoisotopic (exact) mass is 330 g/mol. The predicted octanol–water partition coefficient (Wildman–Crippen LogP) is 1.14. The lowest BCUT2D eigenvalue weighted by atomic mass is 10.3. The van der Waals surface area contributed by atoms with Crippen molar-refractivity contribution in [2.45, 2.75) is 13.0 Å². The molecule has 19 heavy (non-hydrogen) atoms. The van der Waals surface area contributed by atoms with E-state index in [9.17, 15) is 14.4 Å². The summed E-state index contributed by atoms with van der Waals surface area (Å²) in [5, 5.41) is 2.49. The van der Waals surface area contributed by atoms with Crippen molar-refractivity contribution in [3.8, 4) is 0 Å². The minimum Gasteiger partial charge on any atom is -0.447 e. The summed E-state index contributed by atoms with van der Waals surface area (Å²) < 4.78 is 10.3. The summed E-state index contributed by atoms with van der Waals surface area (Å²) in [5.74, 6) is -1.34. The quantitative estimate of drug-likeness (QED) is 0.839. The molecule has 2 rings (SSSR count). The van der Waals surface area contributed by atoms with Crippen LogP contribution >= 0.6 is 15.9 Å². The van der Waals surface area contributed by atoms with Crippen molar-refractivity contribution in [2.75, 3.05) is 13.1 Å². The number of ether oxygens (including phenoxy) is 1. The first-order valence-corrected chi connectivity index (χ1v) is 6.34. The minimum atomic E-state index is -1.06. The molecular weight excluding hydrogens is 320 g/mol. The van der Waals surface area contributed by atoms with E-state index in [2.05, 4.69) is 21.2 Å². The van der Waals surface area contributed by atoms with Crippen molar-refractivity contribution in [1.29, 1.82) is 0 Å². The average molecular weight is 331 g/mol. The number of nitrogens with zero attached hydrogens (tertiary/aromatic N) is 1. The maximum absolute atomic E-state index is 11.9. The summed E-state index contributed by atoms with van der Waals surface area (Å²) in [6.45, 7) is 2.08. The van der Waals surface area contributed by atoms with Crippen LogP contribution in [0.1, 0.15) is 17.5 Å². The highest BCUT2D eigenvalue weighted by Crippen LogP contribution is 2.16. The van der Waals surface area contributed by atoms with Gasteiger partial charge in [0.05, 0.1) is 0 Å². The molecule has 7 nitrogen and oxygen atoms in total. The Bertz CT molecular complexity index is 527. The molecule has 0 aliphatic carbocycles. The van der Waals surface area contributed by atoms with Crippen LogP contribution in [0.15, 0.2) is 21.2 Å². The van der Waals surface area contributed by atoms with Crippen LogP contribution in [0.4, 0.5) is 4.79 Å². The van der Waals surface area contributed by atoms with Gasteiger partial charge in [-0.2, -0.15) is 0 Å². The molecule has 1 fully saturated rings. The van der Waals surface area contributed by atoms with Crippen molar-refractivity contribution < 1.29 is 23.5 Å². The number of amides is 3. The van der Waals surface area contributed by atoms with E-state index in [0.29, 0.717) is 11.2 Å². The number of hydrogen-bond donors (Lipinski definition) is 1. The minimum absolute atomic E-state index is 0.0163. The van der Waals surface area contributed by atoms with Crippen LogP contribution in [-0.4, -0.2) is 42.0 Å². The lowest BCUT2D eigenvalue weighted by Crippen LogP contribution is -2.41. The molecule has 1 aliphatic heterocycles. The molecule has 3 amide bonds. The van der Waals surface area contributed by atoms with Crippen LogP contribution in [-0.2, 0) is 9.53 Å². The highest BCUT2D eigenvalue weighted by molar-refractivity contribution is 9.10. The molecule has 1 saturated heterocycles.